The van der Waals surface area contributed by atoms with Crippen molar-refractivity contribution in [1.29, 1.82) is 0 Å². The first kappa shape index (κ1) is 29.1. The van der Waals surface area contributed by atoms with Crippen molar-refractivity contribution >= 4 is 39.0 Å². The van der Waals surface area contributed by atoms with Crippen molar-refractivity contribution in [3.8, 4) is 0 Å². The predicted molar refractivity (Wildman–Crippen MR) is 144 cm³/mol. The van der Waals surface area contributed by atoms with E-state index in [0.29, 0.717) is 48.6 Å². The van der Waals surface area contributed by atoms with Gasteiger partial charge in [0.15, 0.2) is 15.6 Å². The van der Waals surface area contributed by atoms with Gasteiger partial charge in [-0.15, -0.1) is 11.8 Å². The second kappa shape index (κ2) is 12.9. The maximum Gasteiger partial charge on any atom is 0.157 e. The molecule has 0 heterocycles. The Balaban J connectivity index is 1.77. The molecular formula is C28H35ClF2O3S2. The maximum absolute atomic E-state index is 15.0. The quantitative estimate of drug-likeness (QED) is 0.296. The third-order valence-electron chi connectivity index (χ3n) is 7.14. The van der Waals surface area contributed by atoms with Gasteiger partial charge in [-0.2, -0.15) is 0 Å². The van der Waals surface area contributed by atoms with Gasteiger partial charge in [0.25, 0.3) is 0 Å². The number of carbonyl (C=O) groups is 1. The Morgan fingerprint density at radius 1 is 1.11 bits per heavy atom. The van der Waals surface area contributed by atoms with Gasteiger partial charge >= 0.3 is 0 Å². The van der Waals surface area contributed by atoms with Gasteiger partial charge in [-0.3, -0.25) is 4.79 Å². The van der Waals surface area contributed by atoms with Gasteiger partial charge < -0.3 is 0 Å². The van der Waals surface area contributed by atoms with Gasteiger partial charge in [0, 0.05) is 32.9 Å². The van der Waals surface area contributed by atoms with E-state index in [4.69, 9.17) is 11.6 Å². The standard InChI is InChI=1S/C28H35ClF2O3S2/c1-3-6-26(32)27(36(2,33)34)16-9-20-7-4-17-28(18-5-8-20,24-19-22(30)12-15-25(24)31)35-23-13-10-21(29)11-14-23/h10-15,19-20,27H,3-9,16-18H2,1-2H3. The molecule has 198 valence electrons. The van der Waals surface area contributed by atoms with Crippen LogP contribution in [0.5, 0.6) is 0 Å². The molecule has 0 aromatic heterocycles. The van der Waals surface area contributed by atoms with Crippen LogP contribution in [0, 0.1) is 17.6 Å². The minimum absolute atomic E-state index is 0.189. The second-order valence-electron chi connectivity index (χ2n) is 9.94. The number of hydrogen-bond acceptors (Lipinski definition) is 4. The summed E-state index contributed by atoms with van der Waals surface area (Å²) in [7, 11) is -3.44. The molecule has 3 nitrogen and oxygen atoms in total. The van der Waals surface area contributed by atoms with Crippen molar-refractivity contribution in [2.45, 2.75) is 86.0 Å². The molecule has 0 bridgehead atoms. The van der Waals surface area contributed by atoms with Crippen LogP contribution >= 0.6 is 23.4 Å². The summed E-state index contributed by atoms with van der Waals surface area (Å²) >= 11 is 7.62. The molecule has 0 radical (unpaired) electrons. The Bertz CT molecular complexity index is 1130. The fourth-order valence-corrected chi connectivity index (χ4v) is 8.09. The largest absolute Gasteiger partial charge is 0.298 e. The average Bonchev–Trinajstić information content (AvgIpc) is 2.79. The molecule has 1 atom stereocenters. The molecule has 0 saturated heterocycles. The van der Waals surface area contributed by atoms with Crippen LogP contribution in [0.15, 0.2) is 47.4 Å². The fraction of sp³-hybridized carbons (Fsp3) is 0.536. The molecule has 3 rings (SSSR count). The van der Waals surface area contributed by atoms with Crippen molar-refractivity contribution in [3.05, 3.63) is 64.7 Å². The van der Waals surface area contributed by atoms with Gasteiger partial charge in [0.2, 0.25) is 0 Å². The van der Waals surface area contributed by atoms with E-state index in [-0.39, 0.29) is 12.2 Å². The van der Waals surface area contributed by atoms with Crippen LogP contribution in [0.1, 0.15) is 76.7 Å². The smallest absolute Gasteiger partial charge is 0.157 e. The lowest BCUT2D eigenvalue weighted by molar-refractivity contribution is -0.118. The Morgan fingerprint density at radius 2 is 1.75 bits per heavy atom. The summed E-state index contributed by atoms with van der Waals surface area (Å²) in [5.74, 6) is -0.739. The van der Waals surface area contributed by atoms with Crippen LogP contribution in [-0.2, 0) is 19.4 Å². The Kier molecular flexibility index (Phi) is 10.4. The number of rotatable bonds is 10. The number of benzene rings is 2. The van der Waals surface area contributed by atoms with E-state index in [1.165, 1.54) is 12.1 Å². The minimum atomic E-state index is -3.44. The summed E-state index contributed by atoms with van der Waals surface area (Å²) in [6, 6.07) is 11.1. The molecule has 1 fully saturated rings. The molecule has 1 aliphatic carbocycles. The lowest BCUT2D eigenvalue weighted by atomic mass is 9.80. The highest BCUT2D eigenvalue weighted by atomic mass is 35.5. The Morgan fingerprint density at radius 3 is 2.33 bits per heavy atom. The number of ketones is 1. The monoisotopic (exact) mass is 556 g/mol. The van der Waals surface area contributed by atoms with Crippen LogP contribution < -0.4 is 0 Å². The summed E-state index contributed by atoms with van der Waals surface area (Å²) in [5, 5.41) is -0.306. The maximum atomic E-state index is 15.0. The Labute approximate surface area is 223 Å². The van der Waals surface area contributed by atoms with Crippen molar-refractivity contribution in [2.75, 3.05) is 6.26 Å². The summed E-state index contributed by atoms with van der Waals surface area (Å²) in [5.41, 5.74) is 0.392. The van der Waals surface area contributed by atoms with Gasteiger partial charge in [0.05, 0.1) is 0 Å². The molecular weight excluding hydrogens is 522 g/mol. The first-order chi connectivity index (χ1) is 17.0. The molecule has 36 heavy (non-hydrogen) atoms. The molecule has 0 amide bonds. The highest BCUT2D eigenvalue weighted by molar-refractivity contribution is 8.00. The molecule has 0 N–H and O–H groups in total. The van der Waals surface area contributed by atoms with Gasteiger partial charge in [-0.05, 0) is 80.5 Å². The molecule has 1 saturated carbocycles. The van der Waals surface area contributed by atoms with Crippen LogP contribution in [0.3, 0.4) is 0 Å². The topological polar surface area (TPSA) is 51.2 Å². The highest BCUT2D eigenvalue weighted by Gasteiger charge is 2.37. The summed E-state index contributed by atoms with van der Waals surface area (Å²) in [4.78, 5) is 13.4. The van der Waals surface area contributed by atoms with Crippen molar-refractivity contribution in [2.24, 2.45) is 5.92 Å². The van der Waals surface area contributed by atoms with Crippen LogP contribution in [0.2, 0.25) is 5.02 Å². The predicted octanol–water partition coefficient (Wildman–Crippen LogP) is 8.14. The van der Waals surface area contributed by atoms with E-state index >= 15 is 4.39 Å². The molecule has 0 aliphatic heterocycles. The zero-order valence-electron chi connectivity index (χ0n) is 20.9. The van der Waals surface area contributed by atoms with E-state index in [9.17, 15) is 17.6 Å². The van der Waals surface area contributed by atoms with Gasteiger partial charge in [-0.25, -0.2) is 17.2 Å². The normalized spacial score (nSPS) is 22.0. The van der Waals surface area contributed by atoms with Crippen molar-refractivity contribution in [3.63, 3.8) is 0 Å². The average molecular weight is 557 g/mol. The lowest BCUT2D eigenvalue weighted by Crippen LogP contribution is -2.30. The van der Waals surface area contributed by atoms with Crippen molar-refractivity contribution in [1.82, 2.24) is 0 Å². The number of thioether (sulfide) groups is 1. The Hall–Kier alpha value is -1.44. The van der Waals surface area contributed by atoms with Crippen molar-refractivity contribution < 1.29 is 22.0 Å². The number of hydrogen-bond donors (Lipinski definition) is 0. The zero-order chi connectivity index (χ0) is 26.3. The van der Waals surface area contributed by atoms with Gasteiger partial charge in [0.1, 0.15) is 16.9 Å². The minimum Gasteiger partial charge on any atom is -0.298 e. The molecule has 1 unspecified atom stereocenters. The lowest BCUT2D eigenvalue weighted by Gasteiger charge is -2.37. The van der Waals surface area contributed by atoms with E-state index in [1.807, 2.05) is 19.1 Å². The van der Waals surface area contributed by atoms with E-state index < -0.39 is 31.5 Å². The third kappa shape index (κ3) is 7.78. The first-order valence-electron chi connectivity index (χ1n) is 12.7. The number of halogens is 3. The molecule has 2 aromatic rings. The first-order valence-corrected chi connectivity index (χ1v) is 15.8. The molecule has 1 aliphatic rings. The van der Waals surface area contributed by atoms with E-state index in [1.54, 1.807) is 23.9 Å². The number of Topliss-reactive ketones (excluding diaryl/α,β-unsaturated/α-hetero) is 1. The summed E-state index contributed by atoms with van der Waals surface area (Å²) < 4.78 is 53.1. The third-order valence-corrected chi connectivity index (χ3v) is 10.5. The highest BCUT2D eigenvalue weighted by Crippen LogP contribution is 2.51. The van der Waals surface area contributed by atoms with E-state index in [0.717, 1.165) is 42.9 Å². The SMILES string of the molecule is CCCC(=O)C(CCC1CCCC(Sc2ccc(Cl)cc2)(c2cc(F)ccc2F)CCC1)S(C)(=O)=O. The zero-order valence-corrected chi connectivity index (χ0v) is 23.3. The van der Waals surface area contributed by atoms with E-state index in [2.05, 4.69) is 0 Å². The molecule has 8 heteroatoms. The number of sulfone groups is 1. The fourth-order valence-electron chi connectivity index (χ4n) is 5.32. The van der Waals surface area contributed by atoms with Crippen LogP contribution in [0.4, 0.5) is 8.78 Å². The van der Waals surface area contributed by atoms with Gasteiger partial charge in [-0.1, -0.05) is 44.2 Å². The second-order valence-corrected chi connectivity index (χ2v) is 14.1. The molecule has 2 aromatic carbocycles. The number of carbonyl (C=O) groups excluding carboxylic acids is 1. The van der Waals surface area contributed by atoms with Crippen LogP contribution in [-0.4, -0.2) is 25.7 Å². The molecule has 0 spiro atoms. The van der Waals surface area contributed by atoms with Crippen LogP contribution in [0.25, 0.3) is 0 Å². The summed E-state index contributed by atoms with van der Waals surface area (Å²) in [6.07, 6.45) is 7.76. The summed E-state index contributed by atoms with van der Waals surface area (Å²) in [6.45, 7) is 1.88.